The number of para-hydroxylation sites is 1. The molecular weight excluding hydrogens is 240 g/mol. The Morgan fingerprint density at radius 3 is 2.73 bits per heavy atom. The summed E-state index contributed by atoms with van der Waals surface area (Å²) in [4.78, 5) is 0. The highest BCUT2D eigenvalue weighted by molar-refractivity contribution is 8.13. The molecule has 0 atom stereocenters. The van der Waals surface area contributed by atoms with Gasteiger partial charge in [0.1, 0.15) is 0 Å². The summed E-state index contributed by atoms with van der Waals surface area (Å²) in [5.74, 6) is 0.471. The smallest absolute Gasteiger partial charge is 0.294 e. The van der Waals surface area contributed by atoms with Gasteiger partial charge in [-0.05, 0) is 6.07 Å². The zero-order chi connectivity index (χ0) is 11.1. The Morgan fingerprint density at radius 2 is 2.13 bits per heavy atom. The number of hydrogen-bond acceptors (Lipinski definition) is 4. The van der Waals surface area contributed by atoms with Crippen molar-refractivity contribution in [2.24, 2.45) is 0 Å². The van der Waals surface area contributed by atoms with Crippen LogP contribution in [0.25, 0.3) is 11.0 Å². The number of furan rings is 1. The van der Waals surface area contributed by atoms with E-state index in [-0.39, 0.29) is 5.09 Å². The number of benzene rings is 1. The minimum Gasteiger partial charge on any atom is -0.493 e. The zero-order valence-corrected chi connectivity index (χ0v) is 9.30. The predicted octanol–water partition coefficient (Wildman–Crippen LogP) is 2.37. The van der Waals surface area contributed by atoms with Crippen molar-refractivity contribution in [1.29, 1.82) is 0 Å². The molecule has 80 valence electrons. The molecule has 2 rings (SSSR count). The average Bonchev–Trinajstić information content (AvgIpc) is 2.59. The lowest BCUT2D eigenvalue weighted by Crippen LogP contribution is -1.85. The second-order valence-corrected chi connectivity index (χ2v) is 5.38. The van der Waals surface area contributed by atoms with Crippen LogP contribution in [-0.4, -0.2) is 15.5 Å². The lowest BCUT2D eigenvalue weighted by atomic mass is 10.2. The quantitative estimate of drug-likeness (QED) is 0.764. The van der Waals surface area contributed by atoms with Gasteiger partial charge in [-0.25, -0.2) is 8.42 Å². The third kappa shape index (κ3) is 1.80. The Morgan fingerprint density at radius 1 is 1.40 bits per heavy atom. The molecule has 0 fully saturated rings. The van der Waals surface area contributed by atoms with Crippen LogP contribution in [0.1, 0.15) is 0 Å². The number of hydrogen-bond donors (Lipinski definition) is 0. The third-order valence-corrected chi connectivity index (χ3v) is 3.08. The van der Waals surface area contributed by atoms with Gasteiger partial charge in [0.05, 0.1) is 7.11 Å². The molecule has 0 saturated heterocycles. The van der Waals surface area contributed by atoms with Gasteiger partial charge in [-0.15, -0.1) is 0 Å². The van der Waals surface area contributed by atoms with Crippen LogP contribution in [0.3, 0.4) is 0 Å². The van der Waals surface area contributed by atoms with Gasteiger partial charge in [-0.1, -0.05) is 12.1 Å². The molecule has 0 aliphatic heterocycles. The number of methoxy groups -OCH3 is 1. The Hall–Kier alpha value is -1.20. The second-order valence-electron chi connectivity index (χ2n) is 2.88. The fourth-order valence-corrected chi connectivity index (χ4v) is 1.97. The maximum atomic E-state index is 11.0. The predicted molar refractivity (Wildman–Crippen MR) is 55.8 cm³/mol. The van der Waals surface area contributed by atoms with Crippen molar-refractivity contribution in [1.82, 2.24) is 0 Å². The second kappa shape index (κ2) is 3.43. The molecule has 0 saturated carbocycles. The lowest BCUT2D eigenvalue weighted by Gasteiger charge is -1.98. The van der Waals surface area contributed by atoms with Crippen LogP contribution in [-0.2, 0) is 9.05 Å². The molecule has 0 aliphatic carbocycles. The fraction of sp³-hybridized carbons (Fsp3) is 0.111. The highest BCUT2D eigenvalue weighted by atomic mass is 35.7. The number of halogens is 1. The molecule has 2 aromatic rings. The molecule has 0 spiro atoms. The van der Waals surface area contributed by atoms with E-state index in [4.69, 9.17) is 19.8 Å². The van der Waals surface area contributed by atoms with Crippen LogP contribution in [0.2, 0.25) is 0 Å². The summed E-state index contributed by atoms with van der Waals surface area (Å²) in [6, 6.07) is 6.49. The van der Waals surface area contributed by atoms with Gasteiger partial charge in [-0.3, -0.25) is 0 Å². The van der Waals surface area contributed by atoms with E-state index in [9.17, 15) is 8.42 Å². The SMILES string of the molecule is COc1cccc2cc(S(=O)(=O)Cl)oc12. The van der Waals surface area contributed by atoms with Gasteiger partial charge in [0.2, 0.25) is 5.09 Å². The summed E-state index contributed by atoms with van der Waals surface area (Å²) in [6.45, 7) is 0. The van der Waals surface area contributed by atoms with Crippen LogP contribution in [0, 0.1) is 0 Å². The van der Waals surface area contributed by atoms with Crippen molar-refractivity contribution in [3.05, 3.63) is 24.3 Å². The molecule has 6 heteroatoms. The summed E-state index contributed by atoms with van der Waals surface area (Å²) in [6.07, 6.45) is 0. The summed E-state index contributed by atoms with van der Waals surface area (Å²) in [5.41, 5.74) is 0.374. The van der Waals surface area contributed by atoms with Crippen LogP contribution in [0.4, 0.5) is 0 Å². The standard InChI is InChI=1S/C9H7ClO4S/c1-13-7-4-2-3-6-5-8(14-9(6)7)15(10,11)12/h2-5H,1H3. The van der Waals surface area contributed by atoms with Crippen LogP contribution >= 0.6 is 10.7 Å². The summed E-state index contributed by atoms with van der Waals surface area (Å²) < 4.78 is 32.2. The first kappa shape index (κ1) is 10.3. The first-order valence-electron chi connectivity index (χ1n) is 4.03. The van der Waals surface area contributed by atoms with Gasteiger partial charge in [-0.2, -0.15) is 0 Å². The molecule has 0 unspecified atom stereocenters. The molecule has 0 N–H and O–H groups in total. The highest BCUT2D eigenvalue weighted by Crippen LogP contribution is 2.31. The molecule has 1 heterocycles. The highest BCUT2D eigenvalue weighted by Gasteiger charge is 2.17. The normalized spacial score (nSPS) is 11.9. The summed E-state index contributed by atoms with van der Waals surface area (Å²) in [7, 11) is 2.80. The first-order chi connectivity index (χ1) is 7.02. The Balaban J connectivity index is 2.76. The molecular formula is C9H7ClO4S. The van der Waals surface area contributed by atoms with Crippen molar-refractivity contribution >= 4 is 30.7 Å². The Labute approximate surface area is 90.8 Å². The molecule has 1 aromatic carbocycles. The van der Waals surface area contributed by atoms with Gasteiger partial charge >= 0.3 is 0 Å². The summed E-state index contributed by atoms with van der Waals surface area (Å²) >= 11 is 0. The molecule has 15 heavy (non-hydrogen) atoms. The minimum absolute atomic E-state index is 0.274. The van der Waals surface area contributed by atoms with Crippen LogP contribution in [0.15, 0.2) is 33.8 Å². The van der Waals surface area contributed by atoms with Gasteiger partial charge in [0.15, 0.2) is 11.3 Å². The van der Waals surface area contributed by atoms with Crippen LogP contribution in [0.5, 0.6) is 5.75 Å². The third-order valence-electron chi connectivity index (χ3n) is 1.95. The van der Waals surface area contributed by atoms with E-state index < -0.39 is 9.05 Å². The topological polar surface area (TPSA) is 56.5 Å². The van der Waals surface area contributed by atoms with Crippen molar-refractivity contribution in [2.75, 3.05) is 7.11 Å². The Bertz CT molecular complexity index is 600. The zero-order valence-electron chi connectivity index (χ0n) is 7.73. The minimum atomic E-state index is -3.84. The molecule has 0 bridgehead atoms. The van der Waals surface area contributed by atoms with E-state index >= 15 is 0 Å². The monoisotopic (exact) mass is 246 g/mol. The molecule has 0 radical (unpaired) electrons. The first-order valence-corrected chi connectivity index (χ1v) is 6.34. The van der Waals surface area contributed by atoms with E-state index in [1.807, 2.05) is 0 Å². The van der Waals surface area contributed by atoms with Gasteiger partial charge in [0.25, 0.3) is 9.05 Å². The van der Waals surface area contributed by atoms with Crippen molar-refractivity contribution < 1.29 is 17.6 Å². The van der Waals surface area contributed by atoms with Crippen LogP contribution < -0.4 is 4.74 Å². The van der Waals surface area contributed by atoms with E-state index in [1.54, 1.807) is 18.2 Å². The maximum Gasteiger partial charge on any atom is 0.294 e. The van der Waals surface area contributed by atoms with E-state index in [1.165, 1.54) is 13.2 Å². The maximum absolute atomic E-state index is 11.0. The number of fused-ring (bicyclic) bond motifs is 1. The Kier molecular flexibility index (Phi) is 2.36. The van der Waals surface area contributed by atoms with Crippen molar-refractivity contribution in [2.45, 2.75) is 5.09 Å². The van der Waals surface area contributed by atoms with Crippen molar-refractivity contribution in [3.8, 4) is 5.75 Å². The van der Waals surface area contributed by atoms with Crippen molar-refractivity contribution in [3.63, 3.8) is 0 Å². The molecule has 0 aliphatic rings. The lowest BCUT2D eigenvalue weighted by molar-refractivity contribution is 0.401. The largest absolute Gasteiger partial charge is 0.493 e. The van der Waals surface area contributed by atoms with E-state index in [2.05, 4.69) is 0 Å². The molecule has 4 nitrogen and oxygen atoms in total. The van der Waals surface area contributed by atoms with E-state index in [0.29, 0.717) is 16.7 Å². The summed E-state index contributed by atoms with van der Waals surface area (Å²) in [5, 5.41) is 0.359. The van der Waals surface area contributed by atoms with Gasteiger partial charge < -0.3 is 9.15 Å². The fourth-order valence-electron chi connectivity index (χ4n) is 1.29. The van der Waals surface area contributed by atoms with Gasteiger partial charge in [0, 0.05) is 22.1 Å². The van der Waals surface area contributed by atoms with E-state index in [0.717, 1.165) is 0 Å². The number of rotatable bonds is 2. The average molecular weight is 247 g/mol. The molecule has 1 aromatic heterocycles. The number of ether oxygens (including phenoxy) is 1. The molecule has 0 amide bonds.